The van der Waals surface area contributed by atoms with Crippen LogP contribution < -0.4 is 10.6 Å². The van der Waals surface area contributed by atoms with E-state index in [0.717, 1.165) is 25.2 Å². The van der Waals surface area contributed by atoms with Crippen molar-refractivity contribution in [3.63, 3.8) is 0 Å². The van der Waals surface area contributed by atoms with E-state index in [-0.39, 0.29) is 22.9 Å². The Morgan fingerprint density at radius 3 is 2.61 bits per heavy atom. The number of amides is 2. The van der Waals surface area contributed by atoms with Gasteiger partial charge in [0.15, 0.2) is 17.3 Å². The highest BCUT2D eigenvalue weighted by atomic mass is 19.1. The second-order valence-corrected chi connectivity index (χ2v) is 10.6. The van der Waals surface area contributed by atoms with Crippen molar-refractivity contribution < 1.29 is 22.9 Å². The van der Waals surface area contributed by atoms with E-state index in [1.54, 1.807) is 18.5 Å². The quantitative estimate of drug-likeness (QED) is 0.465. The molecule has 1 aliphatic carbocycles. The molecule has 0 unspecified atom stereocenters. The SMILES string of the molecule is CC(C)(NC(=O)[C@H]1CN(CC2CC2)CC[C@@H]1NC(=O)c1cc(-c2ccc(F)cc2F)on1)c1ncccn1. The summed E-state index contributed by atoms with van der Waals surface area (Å²) in [6, 6.07) is 5.62. The van der Waals surface area contributed by atoms with Crippen molar-refractivity contribution in [2.45, 2.75) is 44.7 Å². The topological polar surface area (TPSA) is 113 Å². The Balaban J connectivity index is 1.31. The van der Waals surface area contributed by atoms with E-state index in [0.29, 0.717) is 24.7 Å². The first kappa shape index (κ1) is 25.9. The van der Waals surface area contributed by atoms with Crippen LogP contribution in [0.25, 0.3) is 11.3 Å². The molecule has 5 rings (SSSR count). The van der Waals surface area contributed by atoms with Gasteiger partial charge < -0.3 is 20.1 Å². The molecular weight excluding hydrogens is 494 g/mol. The molecule has 11 heteroatoms. The van der Waals surface area contributed by atoms with Crippen LogP contribution in [-0.4, -0.2) is 57.5 Å². The average molecular weight is 525 g/mol. The van der Waals surface area contributed by atoms with Gasteiger partial charge >= 0.3 is 0 Å². The van der Waals surface area contributed by atoms with E-state index >= 15 is 0 Å². The minimum absolute atomic E-state index is 0.00538. The van der Waals surface area contributed by atoms with Crippen LogP contribution in [0.15, 0.2) is 47.2 Å². The summed E-state index contributed by atoms with van der Waals surface area (Å²) in [6.45, 7) is 5.87. The Bertz CT molecular complexity index is 1310. The van der Waals surface area contributed by atoms with E-state index in [1.807, 2.05) is 13.8 Å². The van der Waals surface area contributed by atoms with Crippen LogP contribution in [0, 0.1) is 23.5 Å². The largest absolute Gasteiger partial charge is 0.355 e. The summed E-state index contributed by atoms with van der Waals surface area (Å²) in [4.78, 5) is 37.5. The normalized spacial score (nSPS) is 20.2. The molecular formula is C27H30F2N6O3. The zero-order valence-corrected chi connectivity index (χ0v) is 21.3. The molecule has 3 heterocycles. The van der Waals surface area contributed by atoms with E-state index in [2.05, 4.69) is 30.7 Å². The van der Waals surface area contributed by atoms with E-state index in [4.69, 9.17) is 4.52 Å². The van der Waals surface area contributed by atoms with Crippen molar-refractivity contribution in [1.29, 1.82) is 0 Å². The monoisotopic (exact) mass is 524 g/mol. The van der Waals surface area contributed by atoms with Gasteiger partial charge in [0, 0.05) is 50.2 Å². The van der Waals surface area contributed by atoms with Crippen LogP contribution in [0.4, 0.5) is 8.78 Å². The van der Waals surface area contributed by atoms with Gasteiger partial charge in [-0.1, -0.05) is 5.16 Å². The molecule has 3 aromatic rings. The van der Waals surface area contributed by atoms with Gasteiger partial charge in [-0.25, -0.2) is 18.7 Å². The number of piperidine rings is 1. The summed E-state index contributed by atoms with van der Waals surface area (Å²) in [5.41, 5.74) is -0.874. The summed E-state index contributed by atoms with van der Waals surface area (Å²) >= 11 is 0. The van der Waals surface area contributed by atoms with Gasteiger partial charge in [0.05, 0.1) is 17.0 Å². The summed E-state index contributed by atoms with van der Waals surface area (Å²) in [5, 5.41) is 9.78. The molecule has 9 nitrogen and oxygen atoms in total. The maximum Gasteiger partial charge on any atom is 0.273 e. The van der Waals surface area contributed by atoms with Crippen LogP contribution in [0.2, 0.25) is 0 Å². The van der Waals surface area contributed by atoms with Crippen molar-refractivity contribution in [3.05, 3.63) is 65.9 Å². The van der Waals surface area contributed by atoms with E-state index in [1.165, 1.54) is 25.0 Å². The Morgan fingerprint density at radius 1 is 1.13 bits per heavy atom. The van der Waals surface area contributed by atoms with Crippen LogP contribution in [0.3, 0.4) is 0 Å². The smallest absolute Gasteiger partial charge is 0.273 e. The summed E-state index contributed by atoms with van der Waals surface area (Å²) in [6.07, 6.45) is 6.24. The number of hydrogen-bond donors (Lipinski definition) is 2. The number of nitrogens with one attached hydrogen (secondary N) is 2. The number of rotatable bonds is 8. The van der Waals surface area contributed by atoms with Crippen molar-refractivity contribution in [2.24, 2.45) is 11.8 Å². The standard InChI is InChI=1S/C27H30F2N6O3/c1-27(2,26-30-9-3-10-31-26)33-24(36)19-15-35(14-16-4-5-16)11-8-21(19)32-25(37)22-13-23(38-34-22)18-7-6-17(28)12-20(18)29/h3,6-7,9-10,12-13,16,19,21H,4-5,8,11,14-15H2,1-2H3,(H,32,37)(H,33,36)/t19-,21-/m0/s1. The van der Waals surface area contributed by atoms with Gasteiger partial charge in [0.1, 0.15) is 11.6 Å². The predicted octanol–water partition coefficient (Wildman–Crippen LogP) is 3.29. The second-order valence-electron chi connectivity index (χ2n) is 10.6. The van der Waals surface area contributed by atoms with Crippen LogP contribution >= 0.6 is 0 Å². The van der Waals surface area contributed by atoms with Crippen molar-refractivity contribution in [3.8, 4) is 11.3 Å². The van der Waals surface area contributed by atoms with Gasteiger partial charge in [-0.3, -0.25) is 9.59 Å². The molecule has 1 aromatic carbocycles. The zero-order chi connectivity index (χ0) is 26.9. The maximum atomic E-state index is 14.2. The lowest BCUT2D eigenvalue weighted by atomic mass is 9.89. The molecule has 1 saturated heterocycles. The lowest BCUT2D eigenvalue weighted by Crippen LogP contribution is -2.58. The van der Waals surface area contributed by atoms with Gasteiger partial charge in [0.2, 0.25) is 5.91 Å². The Kier molecular flexibility index (Phi) is 7.20. The molecule has 1 saturated carbocycles. The number of halogens is 2. The fourth-order valence-electron chi connectivity index (χ4n) is 4.81. The molecule has 200 valence electrons. The van der Waals surface area contributed by atoms with E-state index < -0.39 is 35.0 Å². The van der Waals surface area contributed by atoms with Crippen molar-refractivity contribution in [2.75, 3.05) is 19.6 Å². The third-order valence-corrected chi connectivity index (χ3v) is 7.06. The summed E-state index contributed by atoms with van der Waals surface area (Å²) in [7, 11) is 0. The average Bonchev–Trinajstić information content (AvgIpc) is 3.57. The Labute approximate surface area is 219 Å². The summed E-state index contributed by atoms with van der Waals surface area (Å²) < 4.78 is 32.6. The molecule has 0 bridgehead atoms. The maximum absolute atomic E-state index is 14.2. The highest BCUT2D eigenvalue weighted by Gasteiger charge is 2.39. The Morgan fingerprint density at radius 2 is 1.89 bits per heavy atom. The minimum atomic E-state index is -0.821. The molecule has 2 aliphatic rings. The van der Waals surface area contributed by atoms with E-state index in [9.17, 15) is 18.4 Å². The highest BCUT2D eigenvalue weighted by Crippen LogP contribution is 2.32. The first-order valence-corrected chi connectivity index (χ1v) is 12.7. The number of carbonyl (C=O) groups excluding carboxylic acids is 2. The van der Waals surface area contributed by atoms with Gasteiger partial charge in [-0.05, 0) is 57.2 Å². The lowest BCUT2D eigenvalue weighted by molar-refractivity contribution is -0.129. The third-order valence-electron chi connectivity index (χ3n) is 7.06. The predicted molar refractivity (Wildman–Crippen MR) is 134 cm³/mol. The zero-order valence-electron chi connectivity index (χ0n) is 21.3. The first-order chi connectivity index (χ1) is 18.2. The molecule has 2 aromatic heterocycles. The molecule has 2 fully saturated rings. The fourth-order valence-corrected chi connectivity index (χ4v) is 4.81. The second kappa shape index (κ2) is 10.6. The fraction of sp³-hybridized carbons (Fsp3) is 0.444. The van der Waals surface area contributed by atoms with Gasteiger partial charge in [-0.15, -0.1) is 0 Å². The minimum Gasteiger partial charge on any atom is -0.355 e. The molecule has 38 heavy (non-hydrogen) atoms. The molecule has 0 spiro atoms. The van der Waals surface area contributed by atoms with Gasteiger partial charge in [0.25, 0.3) is 5.91 Å². The molecule has 2 N–H and O–H groups in total. The van der Waals surface area contributed by atoms with Crippen LogP contribution in [0.5, 0.6) is 0 Å². The Hall–Kier alpha value is -3.73. The number of hydrogen-bond acceptors (Lipinski definition) is 7. The van der Waals surface area contributed by atoms with Crippen molar-refractivity contribution in [1.82, 2.24) is 30.7 Å². The third kappa shape index (κ3) is 5.88. The molecule has 2 amide bonds. The van der Waals surface area contributed by atoms with Crippen molar-refractivity contribution >= 4 is 11.8 Å². The van der Waals surface area contributed by atoms with Crippen LogP contribution in [0.1, 0.15) is 49.4 Å². The number of carbonyl (C=O) groups is 2. The lowest BCUT2D eigenvalue weighted by Gasteiger charge is -2.39. The molecule has 0 radical (unpaired) electrons. The number of benzene rings is 1. The number of likely N-dealkylation sites (tertiary alicyclic amines) is 1. The number of nitrogens with zero attached hydrogens (tertiary/aromatic N) is 4. The molecule has 1 aliphatic heterocycles. The first-order valence-electron chi connectivity index (χ1n) is 12.7. The summed E-state index contributed by atoms with van der Waals surface area (Å²) in [5.74, 6) is -1.64. The number of aromatic nitrogens is 3. The highest BCUT2D eigenvalue weighted by molar-refractivity contribution is 5.94. The van der Waals surface area contributed by atoms with Gasteiger partial charge in [-0.2, -0.15) is 0 Å². The molecule has 2 atom stereocenters. The van der Waals surface area contributed by atoms with Crippen LogP contribution in [-0.2, 0) is 10.3 Å².